The van der Waals surface area contributed by atoms with Gasteiger partial charge in [0.15, 0.2) is 0 Å². The molecule has 5 nitrogen and oxygen atoms in total. The highest BCUT2D eigenvalue weighted by molar-refractivity contribution is 5.81. The van der Waals surface area contributed by atoms with Gasteiger partial charge in [0, 0.05) is 26.2 Å². The zero-order valence-corrected chi connectivity index (χ0v) is 10.4. The van der Waals surface area contributed by atoms with Gasteiger partial charge in [0.05, 0.1) is 23.9 Å². The molecular formula is C13H15FN4O. The summed E-state index contributed by atoms with van der Waals surface area (Å²) >= 11 is 0. The molecule has 0 bridgehead atoms. The molecule has 0 aromatic heterocycles. The Kier molecular flexibility index (Phi) is 4.31. The molecule has 0 spiro atoms. The molecule has 6 heteroatoms. The van der Waals surface area contributed by atoms with Crippen molar-refractivity contribution < 1.29 is 9.18 Å². The summed E-state index contributed by atoms with van der Waals surface area (Å²) in [5.41, 5.74) is 0.499. The van der Waals surface area contributed by atoms with E-state index < -0.39 is 5.82 Å². The number of nitrogens with one attached hydrogen (secondary N) is 2. The molecule has 1 aliphatic rings. The summed E-state index contributed by atoms with van der Waals surface area (Å²) in [6, 6.07) is 6.00. The van der Waals surface area contributed by atoms with E-state index in [0.29, 0.717) is 13.1 Å². The van der Waals surface area contributed by atoms with E-state index in [4.69, 9.17) is 5.26 Å². The molecule has 1 aromatic rings. The van der Waals surface area contributed by atoms with Crippen molar-refractivity contribution in [1.82, 2.24) is 10.2 Å². The van der Waals surface area contributed by atoms with Gasteiger partial charge in [-0.3, -0.25) is 4.79 Å². The van der Waals surface area contributed by atoms with Crippen LogP contribution < -0.4 is 10.6 Å². The van der Waals surface area contributed by atoms with Gasteiger partial charge in [0.1, 0.15) is 5.82 Å². The van der Waals surface area contributed by atoms with Crippen molar-refractivity contribution in [2.75, 3.05) is 38.0 Å². The van der Waals surface area contributed by atoms with Crippen molar-refractivity contribution in [3.63, 3.8) is 0 Å². The molecule has 0 atom stereocenters. The maximum Gasteiger partial charge on any atom is 0.241 e. The second kappa shape index (κ2) is 6.16. The van der Waals surface area contributed by atoms with E-state index in [1.807, 2.05) is 6.07 Å². The Balaban J connectivity index is 1.91. The van der Waals surface area contributed by atoms with E-state index in [1.54, 1.807) is 4.90 Å². The number of piperazine rings is 1. The van der Waals surface area contributed by atoms with Crippen molar-refractivity contribution in [3.8, 4) is 6.07 Å². The van der Waals surface area contributed by atoms with Gasteiger partial charge in [-0.05, 0) is 18.2 Å². The van der Waals surface area contributed by atoms with Crippen LogP contribution in [0.1, 0.15) is 5.56 Å². The molecule has 1 heterocycles. The first kappa shape index (κ1) is 13.3. The number of nitrogens with zero attached hydrogens (tertiary/aromatic N) is 2. The highest BCUT2D eigenvalue weighted by Gasteiger charge is 2.16. The first-order valence-electron chi connectivity index (χ1n) is 6.13. The van der Waals surface area contributed by atoms with E-state index in [1.165, 1.54) is 12.1 Å². The van der Waals surface area contributed by atoms with Crippen molar-refractivity contribution >= 4 is 11.6 Å². The van der Waals surface area contributed by atoms with Gasteiger partial charge >= 0.3 is 0 Å². The lowest BCUT2D eigenvalue weighted by Gasteiger charge is -2.27. The standard InChI is InChI=1S/C13H15FN4O/c14-11-7-10(8-15)1-2-12(11)17-9-13(19)18-5-3-16-4-6-18/h1-2,7,16-17H,3-6,9H2. The van der Waals surface area contributed by atoms with E-state index in [2.05, 4.69) is 10.6 Å². The Morgan fingerprint density at radius 2 is 2.21 bits per heavy atom. The molecule has 0 radical (unpaired) electrons. The smallest absolute Gasteiger partial charge is 0.241 e. The Morgan fingerprint density at radius 3 is 2.84 bits per heavy atom. The maximum atomic E-state index is 13.6. The third-order valence-corrected chi connectivity index (χ3v) is 3.00. The first-order chi connectivity index (χ1) is 9.20. The second-order valence-corrected chi connectivity index (χ2v) is 4.29. The van der Waals surface area contributed by atoms with E-state index in [-0.39, 0.29) is 23.7 Å². The summed E-state index contributed by atoms with van der Waals surface area (Å²) in [6.45, 7) is 2.99. The molecule has 1 fully saturated rings. The van der Waals surface area contributed by atoms with Crippen molar-refractivity contribution in [1.29, 1.82) is 5.26 Å². The van der Waals surface area contributed by atoms with Crippen LogP contribution in [0.2, 0.25) is 0 Å². The molecule has 1 aromatic carbocycles. The molecule has 2 N–H and O–H groups in total. The first-order valence-corrected chi connectivity index (χ1v) is 6.13. The van der Waals surface area contributed by atoms with Crippen molar-refractivity contribution in [2.24, 2.45) is 0 Å². The van der Waals surface area contributed by atoms with Crippen molar-refractivity contribution in [3.05, 3.63) is 29.6 Å². The quantitative estimate of drug-likeness (QED) is 0.834. The maximum absolute atomic E-state index is 13.6. The minimum atomic E-state index is -0.521. The highest BCUT2D eigenvalue weighted by Crippen LogP contribution is 2.15. The molecule has 19 heavy (non-hydrogen) atoms. The molecule has 0 unspecified atom stereocenters. The Hall–Kier alpha value is -2.13. The lowest BCUT2D eigenvalue weighted by Crippen LogP contribution is -2.48. The van der Waals surface area contributed by atoms with Crippen LogP contribution in [0.3, 0.4) is 0 Å². The van der Waals surface area contributed by atoms with Gasteiger partial charge in [-0.2, -0.15) is 5.26 Å². The number of nitriles is 1. The number of hydrogen-bond acceptors (Lipinski definition) is 4. The predicted molar refractivity (Wildman–Crippen MR) is 69.1 cm³/mol. The van der Waals surface area contributed by atoms with Gasteiger partial charge in [0.2, 0.25) is 5.91 Å². The van der Waals surface area contributed by atoms with Gasteiger partial charge in [-0.15, -0.1) is 0 Å². The number of halogens is 1. The monoisotopic (exact) mass is 262 g/mol. The summed E-state index contributed by atoms with van der Waals surface area (Å²) in [6.07, 6.45) is 0. The Labute approximate surface area is 111 Å². The zero-order chi connectivity index (χ0) is 13.7. The van der Waals surface area contributed by atoms with Gasteiger partial charge in [-0.25, -0.2) is 4.39 Å². The number of benzene rings is 1. The molecular weight excluding hydrogens is 247 g/mol. The average molecular weight is 262 g/mol. The van der Waals surface area contributed by atoms with Gasteiger partial charge in [0.25, 0.3) is 0 Å². The molecule has 0 aliphatic carbocycles. The number of rotatable bonds is 3. The van der Waals surface area contributed by atoms with Crippen LogP contribution in [-0.2, 0) is 4.79 Å². The van der Waals surface area contributed by atoms with Gasteiger partial charge in [-0.1, -0.05) is 0 Å². The Morgan fingerprint density at radius 1 is 1.47 bits per heavy atom. The number of carbonyl (C=O) groups is 1. The van der Waals surface area contributed by atoms with Crippen LogP contribution >= 0.6 is 0 Å². The SMILES string of the molecule is N#Cc1ccc(NCC(=O)N2CCNCC2)c(F)c1. The fraction of sp³-hybridized carbons (Fsp3) is 0.385. The molecule has 1 amide bonds. The fourth-order valence-corrected chi connectivity index (χ4v) is 1.92. The lowest BCUT2D eigenvalue weighted by molar-refractivity contribution is -0.129. The number of hydrogen-bond donors (Lipinski definition) is 2. The van der Waals surface area contributed by atoms with Crippen LogP contribution in [0.4, 0.5) is 10.1 Å². The third-order valence-electron chi connectivity index (χ3n) is 3.00. The van der Waals surface area contributed by atoms with E-state index in [9.17, 15) is 9.18 Å². The number of anilines is 1. The van der Waals surface area contributed by atoms with Crippen LogP contribution in [0.5, 0.6) is 0 Å². The molecule has 0 saturated carbocycles. The number of carbonyl (C=O) groups excluding carboxylic acids is 1. The second-order valence-electron chi connectivity index (χ2n) is 4.29. The normalized spacial score (nSPS) is 14.8. The fourth-order valence-electron chi connectivity index (χ4n) is 1.92. The molecule has 2 rings (SSSR count). The summed E-state index contributed by atoms with van der Waals surface area (Å²) in [5.74, 6) is -0.572. The Bertz CT molecular complexity index is 506. The van der Waals surface area contributed by atoms with Crippen LogP contribution in [0, 0.1) is 17.1 Å². The highest BCUT2D eigenvalue weighted by atomic mass is 19.1. The summed E-state index contributed by atoms with van der Waals surface area (Å²) in [5, 5.41) is 14.6. The molecule has 1 aliphatic heterocycles. The van der Waals surface area contributed by atoms with E-state index >= 15 is 0 Å². The summed E-state index contributed by atoms with van der Waals surface area (Å²) < 4.78 is 13.6. The average Bonchev–Trinajstić information content (AvgIpc) is 2.46. The minimum Gasteiger partial charge on any atom is -0.374 e. The minimum absolute atomic E-state index is 0.0507. The zero-order valence-electron chi connectivity index (χ0n) is 10.4. The van der Waals surface area contributed by atoms with Crippen LogP contribution in [0.25, 0.3) is 0 Å². The third kappa shape index (κ3) is 3.42. The van der Waals surface area contributed by atoms with Crippen molar-refractivity contribution in [2.45, 2.75) is 0 Å². The van der Waals surface area contributed by atoms with Crippen LogP contribution in [-0.4, -0.2) is 43.5 Å². The molecule has 1 saturated heterocycles. The summed E-state index contributed by atoms with van der Waals surface area (Å²) in [4.78, 5) is 13.6. The van der Waals surface area contributed by atoms with Crippen LogP contribution in [0.15, 0.2) is 18.2 Å². The van der Waals surface area contributed by atoms with E-state index in [0.717, 1.165) is 19.2 Å². The van der Waals surface area contributed by atoms with Gasteiger partial charge < -0.3 is 15.5 Å². The summed E-state index contributed by atoms with van der Waals surface area (Å²) in [7, 11) is 0. The topological polar surface area (TPSA) is 68.2 Å². The molecule has 100 valence electrons. The predicted octanol–water partition coefficient (Wildman–Crippen LogP) is 0.541. The lowest BCUT2D eigenvalue weighted by atomic mass is 10.2. The number of amides is 1. The largest absolute Gasteiger partial charge is 0.374 e.